The molecule has 1 nitrogen and oxygen atoms in total. The minimum atomic E-state index is -0.0808. The van der Waals surface area contributed by atoms with Gasteiger partial charge in [-0.3, -0.25) is 0 Å². The van der Waals surface area contributed by atoms with E-state index in [1.165, 1.54) is 80.8 Å². The van der Waals surface area contributed by atoms with Crippen LogP contribution in [0.25, 0.3) is 64.0 Å². The molecule has 0 aliphatic heterocycles. The van der Waals surface area contributed by atoms with Crippen molar-refractivity contribution in [1.82, 2.24) is 0 Å². The second-order valence-electron chi connectivity index (χ2n) is 13.8. The van der Waals surface area contributed by atoms with E-state index in [1.807, 2.05) is 11.3 Å². The van der Waals surface area contributed by atoms with E-state index in [0.717, 1.165) is 11.4 Å². The van der Waals surface area contributed by atoms with E-state index in [0.29, 0.717) is 0 Å². The summed E-state index contributed by atoms with van der Waals surface area (Å²) >= 11 is 1.88. The molecule has 0 spiro atoms. The minimum Gasteiger partial charge on any atom is -0.310 e. The maximum atomic E-state index is 2.43. The van der Waals surface area contributed by atoms with Gasteiger partial charge >= 0.3 is 0 Å². The number of thiophene rings is 1. The van der Waals surface area contributed by atoms with Crippen molar-refractivity contribution >= 4 is 70.1 Å². The van der Waals surface area contributed by atoms with Crippen LogP contribution in [0.15, 0.2) is 164 Å². The topological polar surface area (TPSA) is 3.24 Å². The molecule has 49 heavy (non-hydrogen) atoms. The SMILES string of the molecule is CC1(C)c2ccccc2-c2ccc(N(c3ccc(-c4ccc5ccccc5c4)cc3)c3ccc4c(ccc5sc6ccccc6c54)c3)cc21. The zero-order valence-corrected chi connectivity index (χ0v) is 28.3. The van der Waals surface area contributed by atoms with Crippen LogP contribution in [0.3, 0.4) is 0 Å². The number of rotatable bonds is 4. The molecule has 1 aliphatic rings. The Morgan fingerprint density at radius 1 is 0.429 bits per heavy atom. The van der Waals surface area contributed by atoms with Crippen molar-refractivity contribution in [3.63, 3.8) is 0 Å². The van der Waals surface area contributed by atoms with Crippen LogP contribution >= 0.6 is 11.3 Å². The van der Waals surface area contributed by atoms with Crippen LogP contribution in [0.4, 0.5) is 17.1 Å². The first-order valence-corrected chi connectivity index (χ1v) is 17.8. The molecule has 0 unspecified atom stereocenters. The van der Waals surface area contributed by atoms with Gasteiger partial charge in [0.1, 0.15) is 0 Å². The molecule has 0 atom stereocenters. The molecular formula is C47H33NS. The molecule has 0 amide bonds. The molecule has 10 rings (SSSR count). The number of fused-ring (bicyclic) bond motifs is 9. The molecule has 232 valence electrons. The molecule has 0 saturated carbocycles. The van der Waals surface area contributed by atoms with Gasteiger partial charge in [0.15, 0.2) is 0 Å². The van der Waals surface area contributed by atoms with E-state index in [2.05, 4.69) is 183 Å². The zero-order chi connectivity index (χ0) is 32.7. The summed E-state index contributed by atoms with van der Waals surface area (Å²) in [7, 11) is 0. The monoisotopic (exact) mass is 643 g/mol. The molecule has 2 heteroatoms. The number of hydrogen-bond acceptors (Lipinski definition) is 2. The molecule has 1 aliphatic carbocycles. The fraction of sp³-hybridized carbons (Fsp3) is 0.0638. The predicted molar refractivity (Wildman–Crippen MR) is 212 cm³/mol. The van der Waals surface area contributed by atoms with Crippen LogP contribution in [0.2, 0.25) is 0 Å². The largest absolute Gasteiger partial charge is 0.310 e. The summed E-state index contributed by atoms with van der Waals surface area (Å²) in [5.74, 6) is 0. The lowest BCUT2D eigenvalue weighted by atomic mass is 9.82. The lowest BCUT2D eigenvalue weighted by molar-refractivity contribution is 0.660. The molecule has 0 N–H and O–H groups in total. The first-order chi connectivity index (χ1) is 24.0. The normalized spacial score (nSPS) is 13.3. The molecule has 0 fully saturated rings. The fourth-order valence-corrected chi connectivity index (χ4v) is 9.25. The van der Waals surface area contributed by atoms with Crippen molar-refractivity contribution < 1.29 is 0 Å². The zero-order valence-electron chi connectivity index (χ0n) is 27.4. The molecule has 9 aromatic rings. The van der Waals surface area contributed by atoms with Crippen molar-refractivity contribution in [2.75, 3.05) is 4.90 Å². The predicted octanol–water partition coefficient (Wildman–Crippen LogP) is 13.8. The second-order valence-corrected chi connectivity index (χ2v) is 14.9. The summed E-state index contributed by atoms with van der Waals surface area (Å²) in [6.45, 7) is 4.72. The Hall–Kier alpha value is -5.70. The van der Waals surface area contributed by atoms with Crippen LogP contribution in [0.1, 0.15) is 25.0 Å². The molecule has 1 aromatic heterocycles. The highest BCUT2D eigenvalue weighted by atomic mass is 32.1. The first-order valence-electron chi connectivity index (χ1n) is 17.0. The van der Waals surface area contributed by atoms with Gasteiger partial charge in [0.2, 0.25) is 0 Å². The lowest BCUT2D eigenvalue weighted by Gasteiger charge is -2.28. The van der Waals surface area contributed by atoms with Gasteiger partial charge in [-0.2, -0.15) is 0 Å². The van der Waals surface area contributed by atoms with Crippen molar-refractivity contribution in [3.05, 3.63) is 175 Å². The van der Waals surface area contributed by atoms with Crippen molar-refractivity contribution in [2.45, 2.75) is 19.3 Å². The molecule has 0 saturated heterocycles. The van der Waals surface area contributed by atoms with Gasteiger partial charge in [-0.15, -0.1) is 11.3 Å². The van der Waals surface area contributed by atoms with Gasteiger partial charge in [0.05, 0.1) is 0 Å². The number of nitrogens with zero attached hydrogens (tertiary/aromatic N) is 1. The maximum absolute atomic E-state index is 2.43. The lowest BCUT2D eigenvalue weighted by Crippen LogP contribution is -2.16. The number of hydrogen-bond donors (Lipinski definition) is 0. The Bertz CT molecular complexity index is 2750. The van der Waals surface area contributed by atoms with Crippen LogP contribution in [0, 0.1) is 0 Å². The van der Waals surface area contributed by atoms with Crippen LogP contribution < -0.4 is 4.90 Å². The fourth-order valence-electron chi connectivity index (χ4n) is 8.13. The van der Waals surface area contributed by atoms with E-state index >= 15 is 0 Å². The first kappa shape index (κ1) is 28.3. The summed E-state index contributed by atoms with van der Waals surface area (Å²) in [6.07, 6.45) is 0. The molecular weight excluding hydrogens is 611 g/mol. The Kier molecular flexibility index (Phi) is 6.16. The van der Waals surface area contributed by atoms with Crippen LogP contribution in [0.5, 0.6) is 0 Å². The standard InChI is InChI=1S/C47H33NS/c1-47(2)42-13-7-5-11-39(42)40-25-23-37(29-43(40)47)48(35-20-17-31(18-21-35)33-16-15-30-9-3-4-10-32(30)27-33)36-22-24-38-34(28-36)19-26-45-46(38)41-12-6-8-14-44(41)49-45/h3-29H,1-2H3. The van der Waals surface area contributed by atoms with E-state index in [4.69, 9.17) is 0 Å². The third kappa shape index (κ3) is 4.38. The number of anilines is 3. The van der Waals surface area contributed by atoms with Gasteiger partial charge < -0.3 is 4.90 Å². The Labute approximate surface area is 290 Å². The van der Waals surface area contributed by atoms with E-state index < -0.39 is 0 Å². The maximum Gasteiger partial charge on any atom is 0.0468 e. The highest BCUT2D eigenvalue weighted by Crippen LogP contribution is 2.51. The number of benzene rings is 8. The minimum absolute atomic E-state index is 0.0808. The van der Waals surface area contributed by atoms with Gasteiger partial charge in [-0.05, 0) is 110 Å². The summed E-state index contributed by atoms with van der Waals surface area (Å²) < 4.78 is 2.67. The third-order valence-electron chi connectivity index (χ3n) is 10.6. The van der Waals surface area contributed by atoms with Crippen molar-refractivity contribution in [3.8, 4) is 22.3 Å². The Balaban J connectivity index is 1.14. The highest BCUT2D eigenvalue weighted by Gasteiger charge is 2.35. The van der Waals surface area contributed by atoms with Gasteiger partial charge in [0.25, 0.3) is 0 Å². The van der Waals surface area contributed by atoms with Crippen molar-refractivity contribution in [1.29, 1.82) is 0 Å². The summed E-state index contributed by atoms with van der Waals surface area (Å²) in [5.41, 5.74) is 11.3. The van der Waals surface area contributed by atoms with E-state index in [9.17, 15) is 0 Å². The quantitative estimate of drug-likeness (QED) is 0.184. The van der Waals surface area contributed by atoms with E-state index in [1.54, 1.807) is 0 Å². The highest BCUT2D eigenvalue weighted by molar-refractivity contribution is 7.26. The summed E-state index contributed by atoms with van der Waals surface area (Å²) in [6, 6.07) is 60.7. The van der Waals surface area contributed by atoms with Gasteiger partial charge in [-0.1, -0.05) is 123 Å². The third-order valence-corrected chi connectivity index (χ3v) is 11.8. The molecule has 0 radical (unpaired) electrons. The second kappa shape index (κ2) is 10.7. The average Bonchev–Trinajstić information content (AvgIpc) is 3.64. The Morgan fingerprint density at radius 3 is 2.00 bits per heavy atom. The van der Waals surface area contributed by atoms with Crippen LogP contribution in [-0.2, 0) is 5.41 Å². The average molecular weight is 644 g/mol. The molecule has 0 bridgehead atoms. The Morgan fingerprint density at radius 2 is 1.10 bits per heavy atom. The summed E-state index contributed by atoms with van der Waals surface area (Å²) in [5, 5.41) is 7.77. The molecule has 1 heterocycles. The smallest absolute Gasteiger partial charge is 0.0468 e. The van der Waals surface area contributed by atoms with E-state index in [-0.39, 0.29) is 5.41 Å². The molecule has 8 aromatic carbocycles. The van der Waals surface area contributed by atoms with Crippen LogP contribution in [-0.4, -0.2) is 0 Å². The summed E-state index contributed by atoms with van der Waals surface area (Å²) in [4.78, 5) is 2.43. The van der Waals surface area contributed by atoms with Crippen molar-refractivity contribution in [2.24, 2.45) is 0 Å². The van der Waals surface area contributed by atoms with Gasteiger partial charge in [0, 0.05) is 42.6 Å². The van der Waals surface area contributed by atoms with Gasteiger partial charge in [-0.25, -0.2) is 0 Å².